The predicted octanol–water partition coefficient (Wildman–Crippen LogP) is 7.70. The minimum Gasteiger partial charge on any atom is -0.356 e. The van der Waals surface area contributed by atoms with Gasteiger partial charge in [0.15, 0.2) is 0 Å². The molecule has 0 aromatic heterocycles. The van der Waals surface area contributed by atoms with Gasteiger partial charge in [0.05, 0.1) is 0 Å². The zero-order chi connectivity index (χ0) is 18.9. The van der Waals surface area contributed by atoms with Crippen molar-refractivity contribution in [3.8, 4) is 0 Å². The Morgan fingerprint density at radius 2 is 0.962 bits per heavy atom. The van der Waals surface area contributed by atoms with Gasteiger partial charge in [-0.25, -0.2) is 0 Å². The first-order valence-corrected chi connectivity index (χ1v) is 12.0. The molecule has 1 aliphatic heterocycles. The third-order valence-corrected chi connectivity index (χ3v) is 5.78. The van der Waals surface area contributed by atoms with Crippen molar-refractivity contribution < 1.29 is 0 Å². The van der Waals surface area contributed by atoms with Crippen molar-refractivity contribution in [1.29, 1.82) is 0 Å². The monoisotopic (exact) mass is 364 g/mol. The highest BCUT2D eigenvalue weighted by Crippen LogP contribution is 2.22. The van der Waals surface area contributed by atoms with E-state index < -0.39 is 0 Å². The Morgan fingerprint density at radius 1 is 0.500 bits per heavy atom. The lowest BCUT2D eigenvalue weighted by Gasteiger charge is -2.33. The summed E-state index contributed by atoms with van der Waals surface area (Å²) in [6.07, 6.45) is 27.8. The summed E-state index contributed by atoms with van der Waals surface area (Å²) >= 11 is 0. The molecule has 0 bridgehead atoms. The quantitative estimate of drug-likeness (QED) is 0.230. The summed E-state index contributed by atoms with van der Waals surface area (Å²) < 4.78 is 0. The van der Waals surface area contributed by atoms with Gasteiger partial charge in [-0.15, -0.1) is 0 Å². The maximum absolute atomic E-state index is 2.62. The molecule has 0 saturated carbocycles. The van der Waals surface area contributed by atoms with Crippen LogP contribution in [0.15, 0.2) is 12.4 Å². The Bertz CT molecular complexity index is 326. The number of hydrogen-bond donors (Lipinski definition) is 0. The van der Waals surface area contributed by atoms with Crippen LogP contribution in [-0.2, 0) is 0 Å². The second-order valence-corrected chi connectivity index (χ2v) is 8.29. The number of rotatable bonds is 18. The molecule has 0 fully saturated rings. The van der Waals surface area contributed by atoms with Gasteiger partial charge in [0.1, 0.15) is 6.17 Å². The van der Waals surface area contributed by atoms with Crippen LogP contribution in [0.1, 0.15) is 124 Å². The molecule has 1 unspecified atom stereocenters. The van der Waals surface area contributed by atoms with E-state index in [0.29, 0.717) is 6.17 Å². The summed E-state index contributed by atoms with van der Waals surface area (Å²) in [4.78, 5) is 5.20. The van der Waals surface area contributed by atoms with E-state index in [2.05, 4.69) is 43.0 Å². The number of hydrogen-bond acceptors (Lipinski definition) is 2. The number of unbranched alkanes of at least 4 members (excludes halogenated alkanes) is 12. The van der Waals surface area contributed by atoms with Crippen molar-refractivity contribution in [1.82, 2.24) is 9.80 Å². The molecule has 154 valence electrons. The molecule has 1 rings (SSSR count). The van der Waals surface area contributed by atoms with Crippen LogP contribution in [0.25, 0.3) is 0 Å². The standard InChI is InChI=1S/C24H48N2/c1-4-7-9-10-11-12-13-14-15-16-18-21-26-23-22-25(20-6-3)24(26)19-17-8-5-2/h22-24H,4-21H2,1-3H3. The SMILES string of the molecule is CCCCCCCCCCCCCN1C=CN(CCC)C1CCCCC. The zero-order valence-electron chi connectivity index (χ0n) is 18.4. The van der Waals surface area contributed by atoms with Gasteiger partial charge in [-0.2, -0.15) is 0 Å². The van der Waals surface area contributed by atoms with Crippen molar-refractivity contribution in [2.45, 2.75) is 130 Å². The van der Waals surface area contributed by atoms with Crippen LogP contribution in [0, 0.1) is 0 Å². The highest BCUT2D eigenvalue weighted by molar-refractivity contribution is 4.96. The van der Waals surface area contributed by atoms with E-state index in [4.69, 9.17) is 0 Å². The lowest BCUT2D eigenvalue weighted by atomic mass is 10.1. The summed E-state index contributed by atoms with van der Waals surface area (Å²) in [5.74, 6) is 0. The highest BCUT2D eigenvalue weighted by Gasteiger charge is 2.24. The minimum atomic E-state index is 0.643. The summed E-state index contributed by atoms with van der Waals surface area (Å²) in [6.45, 7) is 9.36. The molecular formula is C24H48N2. The zero-order valence-corrected chi connectivity index (χ0v) is 18.4. The molecule has 0 N–H and O–H groups in total. The van der Waals surface area contributed by atoms with Gasteiger partial charge in [0, 0.05) is 25.5 Å². The Labute approximate surface area is 165 Å². The molecule has 2 heteroatoms. The molecular weight excluding hydrogens is 316 g/mol. The smallest absolute Gasteiger partial charge is 0.101 e. The van der Waals surface area contributed by atoms with E-state index >= 15 is 0 Å². The van der Waals surface area contributed by atoms with Crippen LogP contribution in [0.3, 0.4) is 0 Å². The average Bonchev–Trinajstić information content (AvgIpc) is 3.02. The Kier molecular flexibility index (Phi) is 14.8. The molecule has 0 spiro atoms. The third-order valence-electron chi connectivity index (χ3n) is 5.78. The molecule has 1 atom stereocenters. The fourth-order valence-corrected chi connectivity index (χ4v) is 4.13. The lowest BCUT2D eigenvalue weighted by Crippen LogP contribution is -2.39. The van der Waals surface area contributed by atoms with Crippen LogP contribution in [0.4, 0.5) is 0 Å². The van der Waals surface area contributed by atoms with Crippen molar-refractivity contribution >= 4 is 0 Å². The molecule has 26 heavy (non-hydrogen) atoms. The topological polar surface area (TPSA) is 6.48 Å². The molecule has 0 amide bonds. The largest absolute Gasteiger partial charge is 0.356 e. The van der Waals surface area contributed by atoms with Gasteiger partial charge < -0.3 is 9.80 Å². The minimum absolute atomic E-state index is 0.643. The summed E-state index contributed by atoms with van der Waals surface area (Å²) in [5.41, 5.74) is 0. The first kappa shape index (κ1) is 23.4. The maximum Gasteiger partial charge on any atom is 0.101 e. The fraction of sp³-hybridized carbons (Fsp3) is 0.917. The fourth-order valence-electron chi connectivity index (χ4n) is 4.13. The van der Waals surface area contributed by atoms with Gasteiger partial charge in [-0.3, -0.25) is 0 Å². The summed E-state index contributed by atoms with van der Waals surface area (Å²) in [6, 6.07) is 0. The molecule has 0 aromatic carbocycles. The van der Waals surface area contributed by atoms with Gasteiger partial charge in [0.25, 0.3) is 0 Å². The first-order chi connectivity index (χ1) is 12.8. The summed E-state index contributed by atoms with van der Waals surface area (Å²) in [5, 5.41) is 0. The maximum atomic E-state index is 2.62. The van der Waals surface area contributed by atoms with Crippen molar-refractivity contribution in [2.75, 3.05) is 13.1 Å². The molecule has 0 saturated heterocycles. The molecule has 0 aromatic rings. The van der Waals surface area contributed by atoms with Gasteiger partial charge >= 0.3 is 0 Å². The van der Waals surface area contributed by atoms with E-state index in [1.54, 1.807) is 0 Å². The van der Waals surface area contributed by atoms with Crippen LogP contribution in [0.2, 0.25) is 0 Å². The van der Waals surface area contributed by atoms with Gasteiger partial charge in [0.2, 0.25) is 0 Å². The van der Waals surface area contributed by atoms with Crippen LogP contribution in [0.5, 0.6) is 0 Å². The third kappa shape index (κ3) is 10.5. The van der Waals surface area contributed by atoms with Crippen molar-refractivity contribution in [2.24, 2.45) is 0 Å². The molecule has 1 heterocycles. The van der Waals surface area contributed by atoms with Gasteiger partial charge in [-0.1, -0.05) is 97.8 Å². The van der Waals surface area contributed by atoms with E-state index in [1.807, 2.05) is 0 Å². The average molecular weight is 365 g/mol. The van der Waals surface area contributed by atoms with E-state index in [0.717, 1.165) is 0 Å². The van der Waals surface area contributed by atoms with Crippen molar-refractivity contribution in [3.63, 3.8) is 0 Å². The van der Waals surface area contributed by atoms with Crippen LogP contribution >= 0.6 is 0 Å². The molecule has 0 radical (unpaired) electrons. The Balaban J connectivity index is 2.06. The van der Waals surface area contributed by atoms with E-state index in [-0.39, 0.29) is 0 Å². The van der Waals surface area contributed by atoms with E-state index in [9.17, 15) is 0 Å². The van der Waals surface area contributed by atoms with Crippen LogP contribution in [-0.4, -0.2) is 29.1 Å². The van der Waals surface area contributed by atoms with E-state index in [1.165, 1.54) is 116 Å². The second kappa shape index (κ2) is 16.5. The highest BCUT2D eigenvalue weighted by atomic mass is 15.4. The normalized spacial score (nSPS) is 16.8. The Hall–Kier alpha value is -0.660. The van der Waals surface area contributed by atoms with Crippen LogP contribution < -0.4 is 0 Å². The predicted molar refractivity (Wildman–Crippen MR) is 117 cm³/mol. The number of nitrogens with zero attached hydrogens (tertiary/aromatic N) is 2. The lowest BCUT2D eigenvalue weighted by molar-refractivity contribution is 0.137. The van der Waals surface area contributed by atoms with Crippen molar-refractivity contribution in [3.05, 3.63) is 12.4 Å². The second-order valence-electron chi connectivity index (χ2n) is 8.29. The molecule has 0 aliphatic carbocycles. The molecule has 1 aliphatic rings. The van der Waals surface area contributed by atoms with Gasteiger partial charge in [-0.05, 0) is 25.7 Å². The Morgan fingerprint density at radius 3 is 1.50 bits per heavy atom. The molecule has 2 nitrogen and oxygen atoms in total. The summed E-state index contributed by atoms with van der Waals surface area (Å²) in [7, 11) is 0. The first-order valence-electron chi connectivity index (χ1n) is 12.0.